The van der Waals surface area contributed by atoms with Gasteiger partial charge in [0, 0.05) is 18.0 Å². The van der Waals surface area contributed by atoms with E-state index in [1.165, 1.54) is 19.2 Å². The second-order valence-electron chi connectivity index (χ2n) is 5.94. The molecule has 0 bridgehead atoms. The average molecular weight is 370 g/mol. The van der Waals surface area contributed by atoms with E-state index in [2.05, 4.69) is 5.32 Å². The van der Waals surface area contributed by atoms with Gasteiger partial charge in [-0.05, 0) is 49.4 Å². The molecule has 1 N–H and O–H groups in total. The first-order valence-electron chi connectivity index (χ1n) is 8.29. The molecule has 0 aliphatic heterocycles. The summed E-state index contributed by atoms with van der Waals surface area (Å²) in [5.41, 5.74) is 1.83. The highest BCUT2D eigenvalue weighted by Crippen LogP contribution is 2.36. The van der Waals surface area contributed by atoms with Gasteiger partial charge in [-0.1, -0.05) is 0 Å². The minimum absolute atomic E-state index is 0.0105. The van der Waals surface area contributed by atoms with Crippen molar-refractivity contribution in [2.75, 3.05) is 14.2 Å². The summed E-state index contributed by atoms with van der Waals surface area (Å²) in [5.74, 6) is -0.0824. The largest absolute Gasteiger partial charge is 0.468 e. The van der Waals surface area contributed by atoms with Gasteiger partial charge in [0.1, 0.15) is 18.1 Å². The van der Waals surface area contributed by atoms with E-state index >= 15 is 0 Å². The molecule has 1 amide bonds. The number of fused-ring (bicyclic) bond motifs is 1. The lowest BCUT2D eigenvalue weighted by Gasteiger charge is -2.09. The van der Waals surface area contributed by atoms with E-state index in [1.807, 2.05) is 0 Å². The number of amides is 1. The van der Waals surface area contributed by atoms with Crippen molar-refractivity contribution in [1.82, 2.24) is 9.88 Å². The molecule has 1 aromatic heterocycles. The van der Waals surface area contributed by atoms with E-state index in [1.54, 1.807) is 48.9 Å². The van der Waals surface area contributed by atoms with Crippen molar-refractivity contribution in [2.45, 2.75) is 13.5 Å². The SMILES string of the molecule is CNC(=O)c1ccc(Oc2c(C)n(CC(=O)OC)c3ccc(F)cc23)cc1. The number of carbonyl (C=O) groups excluding carboxylic acids is 2. The molecular formula is C20H19FN2O4. The van der Waals surface area contributed by atoms with E-state index in [-0.39, 0.29) is 12.5 Å². The van der Waals surface area contributed by atoms with Gasteiger partial charge < -0.3 is 19.4 Å². The van der Waals surface area contributed by atoms with E-state index in [4.69, 9.17) is 9.47 Å². The van der Waals surface area contributed by atoms with Gasteiger partial charge in [0.15, 0.2) is 5.75 Å². The second kappa shape index (κ2) is 7.49. The van der Waals surface area contributed by atoms with Gasteiger partial charge in [0.2, 0.25) is 0 Å². The Labute approximate surface area is 155 Å². The van der Waals surface area contributed by atoms with Crippen LogP contribution in [0.2, 0.25) is 0 Å². The number of nitrogens with zero attached hydrogens (tertiary/aromatic N) is 1. The molecule has 0 spiro atoms. The number of rotatable bonds is 5. The van der Waals surface area contributed by atoms with E-state index in [0.717, 1.165) is 0 Å². The number of aromatic nitrogens is 1. The smallest absolute Gasteiger partial charge is 0.325 e. The Morgan fingerprint density at radius 1 is 1.15 bits per heavy atom. The Morgan fingerprint density at radius 2 is 1.85 bits per heavy atom. The number of hydrogen-bond donors (Lipinski definition) is 1. The van der Waals surface area contributed by atoms with Crippen molar-refractivity contribution in [3.05, 3.63) is 59.5 Å². The molecule has 3 aromatic rings. The summed E-state index contributed by atoms with van der Waals surface area (Å²) in [7, 11) is 2.87. The first-order chi connectivity index (χ1) is 12.9. The molecule has 0 saturated carbocycles. The van der Waals surface area contributed by atoms with Crippen LogP contribution in [-0.2, 0) is 16.1 Å². The molecule has 1 heterocycles. The third-order valence-corrected chi connectivity index (χ3v) is 4.31. The van der Waals surface area contributed by atoms with Crippen molar-refractivity contribution in [3.63, 3.8) is 0 Å². The predicted octanol–water partition coefficient (Wildman–Crippen LogP) is 3.41. The fraction of sp³-hybridized carbons (Fsp3) is 0.200. The maximum absolute atomic E-state index is 13.8. The summed E-state index contributed by atoms with van der Waals surface area (Å²) >= 11 is 0. The van der Waals surface area contributed by atoms with Crippen LogP contribution in [0.25, 0.3) is 10.9 Å². The van der Waals surface area contributed by atoms with Crippen LogP contribution in [-0.4, -0.2) is 30.6 Å². The monoisotopic (exact) mass is 370 g/mol. The molecule has 3 rings (SSSR count). The summed E-state index contributed by atoms with van der Waals surface area (Å²) in [6, 6.07) is 10.9. The number of ether oxygens (including phenoxy) is 2. The van der Waals surface area contributed by atoms with Crippen molar-refractivity contribution < 1.29 is 23.5 Å². The third kappa shape index (κ3) is 3.62. The molecule has 0 atom stereocenters. The number of benzene rings is 2. The maximum atomic E-state index is 13.8. The average Bonchev–Trinajstić information content (AvgIpc) is 2.92. The lowest BCUT2D eigenvalue weighted by Crippen LogP contribution is -2.17. The Hall–Kier alpha value is -3.35. The summed E-state index contributed by atoms with van der Waals surface area (Å²) < 4.78 is 26.2. The second-order valence-corrected chi connectivity index (χ2v) is 5.94. The summed E-state index contributed by atoms with van der Waals surface area (Å²) in [6.07, 6.45) is 0. The zero-order valence-electron chi connectivity index (χ0n) is 15.2. The maximum Gasteiger partial charge on any atom is 0.325 e. The van der Waals surface area contributed by atoms with Gasteiger partial charge >= 0.3 is 5.97 Å². The van der Waals surface area contributed by atoms with Gasteiger partial charge in [-0.2, -0.15) is 0 Å². The predicted molar refractivity (Wildman–Crippen MR) is 98.6 cm³/mol. The third-order valence-electron chi connectivity index (χ3n) is 4.31. The van der Waals surface area contributed by atoms with Crippen LogP contribution in [0.15, 0.2) is 42.5 Å². The van der Waals surface area contributed by atoms with Gasteiger partial charge in [-0.15, -0.1) is 0 Å². The number of carbonyl (C=O) groups is 2. The van der Waals surface area contributed by atoms with E-state index < -0.39 is 11.8 Å². The zero-order valence-corrected chi connectivity index (χ0v) is 15.2. The van der Waals surface area contributed by atoms with Gasteiger partial charge in [0.25, 0.3) is 5.91 Å². The standard InChI is InChI=1S/C20H19FN2O4/c1-12-19(27-15-7-4-13(5-8-15)20(25)22-2)16-10-14(21)6-9-17(16)23(12)11-18(24)26-3/h4-10H,11H2,1-3H3,(H,22,25). The lowest BCUT2D eigenvalue weighted by atomic mass is 10.2. The van der Waals surface area contributed by atoms with Crippen LogP contribution in [0.4, 0.5) is 4.39 Å². The molecule has 0 radical (unpaired) electrons. The van der Waals surface area contributed by atoms with Gasteiger partial charge in [0.05, 0.1) is 18.3 Å². The quantitative estimate of drug-likeness (QED) is 0.699. The number of nitrogens with one attached hydrogen (secondary N) is 1. The highest BCUT2D eigenvalue weighted by molar-refractivity contribution is 5.94. The molecule has 140 valence electrons. The summed E-state index contributed by atoms with van der Waals surface area (Å²) in [5, 5.41) is 3.10. The molecule has 0 aliphatic rings. The molecule has 0 unspecified atom stereocenters. The molecule has 2 aromatic carbocycles. The normalized spacial score (nSPS) is 10.7. The van der Waals surface area contributed by atoms with Gasteiger partial charge in [-0.25, -0.2) is 4.39 Å². The fourth-order valence-electron chi connectivity index (χ4n) is 2.89. The number of hydrogen-bond acceptors (Lipinski definition) is 4. The van der Waals surface area contributed by atoms with Gasteiger partial charge in [-0.3, -0.25) is 9.59 Å². The molecule has 0 aliphatic carbocycles. The number of esters is 1. The highest BCUT2D eigenvalue weighted by atomic mass is 19.1. The van der Waals surface area contributed by atoms with Crippen LogP contribution in [0.1, 0.15) is 16.1 Å². The van der Waals surface area contributed by atoms with Crippen LogP contribution in [0, 0.1) is 12.7 Å². The number of halogens is 1. The summed E-state index contributed by atoms with van der Waals surface area (Å²) in [4.78, 5) is 23.4. The van der Waals surface area contributed by atoms with Crippen LogP contribution >= 0.6 is 0 Å². The molecule has 6 nitrogen and oxygen atoms in total. The first-order valence-corrected chi connectivity index (χ1v) is 8.29. The Balaban J connectivity index is 2.03. The summed E-state index contributed by atoms with van der Waals surface area (Å²) in [6.45, 7) is 1.78. The van der Waals surface area contributed by atoms with E-state index in [0.29, 0.717) is 33.7 Å². The Morgan fingerprint density at radius 3 is 2.48 bits per heavy atom. The minimum atomic E-state index is -0.416. The zero-order chi connectivity index (χ0) is 19.6. The van der Waals surface area contributed by atoms with Crippen molar-refractivity contribution in [1.29, 1.82) is 0 Å². The van der Waals surface area contributed by atoms with Crippen molar-refractivity contribution in [3.8, 4) is 11.5 Å². The molecule has 27 heavy (non-hydrogen) atoms. The first kappa shape index (κ1) is 18.4. The topological polar surface area (TPSA) is 69.6 Å². The minimum Gasteiger partial charge on any atom is -0.468 e. The van der Waals surface area contributed by atoms with Crippen LogP contribution in [0.5, 0.6) is 11.5 Å². The molecule has 0 fully saturated rings. The lowest BCUT2D eigenvalue weighted by molar-refractivity contribution is -0.141. The highest BCUT2D eigenvalue weighted by Gasteiger charge is 2.19. The number of methoxy groups -OCH3 is 1. The molecular weight excluding hydrogens is 351 g/mol. The Bertz CT molecular complexity index is 1010. The van der Waals surface area contributed by atoms with Crippen LogP contribution < -0.4 is 10.1 Å². The van der Waals surface area contributed by atoms with Crippen molar-refractivity contribution >= 4 is 22.8 Å². The van der Waals surface area contributed by atoms with E-state index in [9.17, 15) is 14.0 Å². The molecule has 7 heteroatoms. The Kier molecular flexibility index (Phi) is 5.12. The van der Waals surface area contributed by atoms with Crippen molar-refractivity contribution in [2.24, 2.45) is 0 Å². The molecule has 0 saturated heterocycles. The fourth-order valence-corrected chi connectivity index (χ4v) is 2.89. The van der Waals surface area contributed by atoms with Crippen LogP contribution in [0.3, 0.4) is 0 Å².